The summed E-state index contributed by atoms with van der Waals surface area (Å²) in [5.74, 6) is 1.95. The van der Waals surface area contributed by atoms with E-state index in [0.717, 1.165) is 27.6 Å². The first-order valence-electron chi connectivity index (χ1n) is 17.6. The number of hydrogen-bond acceptors (Lipinski definition) is 3. The molecular formula is C49H31N3. The minimum atomic E-state index is 0.643. The van der Waals surface area contributed by atoms with E-state index < -0.39 is 0 Å². The summed E-state index contributed by atoms with van der Waals surface area (Å²) in [5.41, 5.74) is 7.70. The van der Waals surface area contributed by atoms with Crippen molar-refractivity contribution in [3.63, 3.8) is 0 Å². The lowest BCUT2D eigenvalue weighted by atomic mass is 9.85. The van der Waals surface area contributed by atoms with Gasteiger partial charge in [0.1, 0.15) is 0 Å². The Bertz CT molecular complexity index is 2890. The summed E-state index contributed by atoms with van der Waals surface area (Å²) in [4.78, 5) is 15.0. The van der Waals surface area contributed by atoms with Gasteiger partial charge < -0.3 is 0 Å². The Morgan fingerprint density at radius 1 is 0.231 bits per heavy atom. The molecule has 0 radical (unpaired) electrons. The van der Waals surface area contributed by atoms with Crippen molar-refractivity contribution in [2.24, 2.45) is 0 Å². The SMILES string of the molecule is c1ccc(-c2nc(-c3ccc(-c4c5ccccc5c(-c5ccc6ccccc6c5)c5ccccc45)cc3)nc(-c3ccc4ccccc4c3)n2)cc1. The van der Waals surface area contributed by atoms with E-state index in [2.05, 4.69) is 158 Å². The second-order valence-corrected chi connectivity index (χ2v) is 13.2. The molecule has 1 heterocycles. The van der Waals surface area contributed by atoms with E-state index in [1.807, 2.05) is 30.3 Å². The summed E-state index contributed by atoms with van der Waals surface area (Å²) in [7, 11) is 0. The quantitative estimate of drug-likeness (QED) is 0.172. The van der Waals surface area contributed by atoms with Gasteiger partial charge >= 0.3 is 0 Å². The molecule has 0 aliphatic rings. The fraction of sp³-hybridized carbons (Fsp3) is 0. The molecule has 9 aromatic carbocycles. The van der Waals surface area contributed by atoms with Crippen LogP contribution in [0.25, 0.3) is 99.5 Å². The molecule has 242 valence electrons. The van der Waals surface area contributed by atoms with Crippen molar-refractivity contribution in [1.29, 1.82) is 0 Å². The molecule has 0 saturated heterocycles. The van der Waals surface area contributed by atoms with Crippen LogP contribution in [0.1, 0.15) is 0 Å². The van der Waals surface area contributed by atoms with E-state index >= 15 is 0 Å². The second-order valence-electron chi connectivity index (χ2n) is 13.2. The minimum absolute atomic E-state index is 0.643. The minimum Gasteiger partial charge on any atom is -0.208 e. The third kappa shape index (κ3) is 5.19. The molecule has 0 aliphatic carbocycles. The molecule has 0 atom stereocenters. The van der Waals surface area contributed by atoms with Crippen molar-refractivity contribution in [1.82, 2.24) is 15.0 Å². The lowest BCUT2D eigenvalue weighted by Crippen LogP contribution is -2.00. The first kappa shape index (κ1) is 29.9. The van der Waals surface area contributed by atoms with Gasteiger partial charge in [-0.1, -0.05) is 176 Å². The van der Waals surface area contributed by atoms with E-state index in [0.29, 0.717) is 17.5 Å². The molecule has 3 heteroatoms. The van der Waals surface area contributed by atoms with Gasteiger partial charge in [0.2, 0.25) is 0 Å². The number of nitrogens with zero attached hydrogens (tertiary/aromatic N) is 3. The number of aromatic nitrogens is 3. The van der Waals surface area contributed by atoms with Crippen LogP contribution >= 0.6 is 0 Å². The van der Waals surface area contributed by atoms with Crippen molar-refractivity contribution in [3.05, 3.63) is 188 Å². The zero-order chi connectivity index (χ0) is 34.4. The molecule has 52 heavy (non-hydrogen) atoms. The summed E-state index contributed by atoms with van der Waals surface area (Å²) < 4.78 is 0. The van der Waals surface area contributed by atoms with Crippen LogP contribution in [-0.2, 0) is 0 Å². The summed E-state index contributed by atoms with van der Waals surface area (Å²) in [6.45, 7) is 0. The largest absolute Gasteiger partial charge is 0.208 e. The molecule has 0 spiro atoms. The fourth-order valence-electron chi connectivity index (χ4n) is 7.56. The molecule has 0 bridgehead atoms. The Morgan fingerprint density at radius 2 is 0.577 bits per heavy atom. The predicted octanol–water partition coefficient (Wildman–Crippen LogP) is 12.8. The van der Waals surface area contributed by atoms with Crippen molar-refractivity contribution < 1.29 is 0 Å². The van der Waals surface area contributed by atoms with Crippen LogP contribution in [0.2, 0.25) is 0 Å². The molecule has 0 fully saturated rings. The summed E-state index contributed by atoms with van der Waals surface area (Å²) in [5, 5.41) is 9.74. The van der Waals surface area contributed by atoms with E-state index in [4.69, 9.17) is 15.0 Å². The van der Waals surface area contributed by atoms with Crippen LogP contribution in [0.3, 0.4) is 0 Å². The standard InChI is InChI=1S/C49H31N3/c1-2-14-35(15-3-1)47-50-48(52-49(51-47)40-29-23-33-13-5-7-17-38(33)31-40)36-26-24-34(25-27-36)45-41-18-8-10-20-43(41)46(44-21-11-9-19-42(44)45)39-28-22-32-12-4-6-16-37(32)30-39/h1-31H. The molecule has 0 unspecified atom stereocenters. The van der Waals surface area contributed by atoms with Crippen molar-refractivity contribution in [2.75, 3.05) is 0 Å². The monoisotopic (exact) mass is 661 g/mol. The first-order chi connectivity index (χ1) is 25.8. The molecule has 10 aromatic rings. The second kappa shape index (κ2) is 12.4. The molecule has 3 nitrogen and oxygen atoms in total. The highest BCUT2D eigenvalue weighted by Gasteiger charge is 2.18. The van der Waals surface area contributed by atoms with Crippen molar-refractivity contribution in [2.45, 2.75) is 0 Å². The fourth-order valence-corrected chi connectivity index (χ4v) is 7.56. The van der Waals surface area contributed by atoms with Gasteiger partial charge in [-0.15, -0.1) is 0 Å². The summed E-state index contributed by atoms with van der Waals surface area (Å²) >= 11 is 0. The molecule has 1 aromatic heterocycles. The molecule has 0 amide bonds. The van der Waals surface area contributed by atoms with Crippen LogP contribution in [0.4, 0.5) is 0 Å². The van der Waals surface area contributed by atoms with E-state index in [-0.39, 0.29) is 0 Å². The van der Waals surface area contributed by atoms with Crippen LogP contribution in [0.15, 0.2) is 188 Å². The Hall–Kier alpha value is -6.97. The average Bonchev–Trinajstić information content (AvgIpc) is 3.22. The van der Waals surface area contributed by atoms with Crippen LogP contribution < -0.4 is 0 Å². The van der Waals surface area contributed by atoms with Crippen molar-refractivity contribution in [3.8, 4) is 56.4 Å². The van der Waals surface area contributed by atoms with Crippen LogP contribution in [0.5, 0.6) is 0 Å². The molecule has 10 rings (SSSR count). The van der Waals surface area contributed by atoms with E-state index in [9.17, 15) is 0 Å². The van der Waals surface area contributed by atoms with Gasteiger partial charge in [0.25, 0.3) is 0 Å². The zero-order valence-electron chi connectivity index (χ0n) is 28.2. The number of benzene rings is 9. The van der Waals surface area contributed by atoms with Gasteiger partial charge in [0.15, 0.2) is 17.5 Å². The number of fused-ring (bicyclic) bond motifs is 4. The Balaban J connectivity index is 1.12. The highest BCUT2D eigenvalue weighted by atomic mass is 15.0. The maximum atomic E-state index is 5.05. The molecule has 0 saturated carbocycles. The van der Waals surface area contributed by atoms with E-state index in [1.165, 1.54) is 54.4 Å². The third-order valence-electron chi connectivity index (χ3n) is 10.1. The molecule has 0 N–H and O–H groups in total. The number of hydrogen-bond donors (Lipinski definition) is 0. The van der Waals surface area contributed by atoms with Gasteiger partial charge in [0.05, 0.1) is 0 Å². The maximum Gasteiger partial charge on any atom is 0.164 e. The summed E-state index contributed by atoms with van der Waals surface area (Å²) in [6.07, 6.45) is 0. The average molecular weight is 662 g/mol. The van der Waals surface area contributed by atoms with Gasteiger partial charge in [-0.25, -0.2) is 15.0 Å². The Kier molecular flexibility index (Phi) is 7.14. The Morgan fingerprint density at radius 3 is 1.12 bits per heavy atom. The van der Waals surface area contributed by atoms with Gasteiger partial charge in [0, 0.05) is 16.7 Å². The lowest BCUT2D eigenvalue weighted by molar-refractivity contribution is 1.07. The predicted molar refractivity (Wildman–Crippen MR) is 217 cm³/mol. The van der Waals surface area contributed by atoms with Crippen LogP contribution in [0, 0.1) is 0 Å². The molecular weight excluding hydrogens is 631 g/mol. The zero-order valence-corrected chi connectivity index (χ0v) is 28.2. The topological polar surface area (TPSA) is 38.7 Å². The lowest BCUT2D eigenvalue weighted by Gasteiger charge is -2.18. The maximum absolute atomic E-state index is 5.05. The van der Waals surface area contributed by atoms with Gasteiger partial charge in [-0.2, -0.15) is 0 Å². The van der Waals surface area contributed by atoms with Crippen LogP contribution in [-0.4, -0.2) is 15.0 Å². The highest BCUT2D eigenvalue weighted by Crippen LogP contribution is 2.44. The summed E-state index contributed by atoms with van der Waals surface area (Å²) in [6, 6.07) is 66.6. The van der Waals surface area contributed by atoms with E-state index in [1.54, 1.807) is 0 Å². The van der Waals surface area contributed by atoms with Crippen molar-refractivity contribution >= 4 is 43.1 Å². The highest BCUT2D eigenvalue weighted by molar-refractivity contribution is 6.21. The Labute approximate surface area is 301 Å². The third-order valence-corrected chi connectivity index (χ3v) is 10.1. The first-order valence-corrected chi connectivity index (χ1v) is 17.6. The number of rotatable bonds is 5. The normalized spacial score (nSPS) is 11.5. The smallest absolute Gasteiger partial charge is 0.164 e. The molecule has 0 aliphatic heterocycles. The van der Waals surface area contributed by atoms with Gasteiger partial charge in [-0.3, -0.25) is 0 Å². The van der Waals surface area contributed by atoms with Gasteiger partial charge in [-0.05, 0) is 77.5 Å².